The molecule has 1 heterocycles. The van der Waals surface area contributed by atoms with Crippen molar-refractivity contribution in [1.29, 1.82) is 0 Å². The van der Waals surface area contributed by atoms with E-state index < -0.39 is 6.10 Å². The minimum absolute atomic E-state index is 0. The van der Waals surface area contributed by atoms with Crippen molar-refractivity contribution in [2.24, 2.45) is 5.92 Å². The van der Waals surface area contributed by atoms with Crippen LogP contribution in [0.3, 0.4) is 0 Å². The molecule has 1 aliphatic rings. The van der Waals surface area contributed by atoms with Gasteiger partial charge in [-0.05, 0) is 44.5 Å². The zero-order chi connectivity index (χ0) is 15.8. The fourth-order valence-electron chi connectivity index (χ4n) is 2.88. The lowest BCUT2D eigenvalue weighted by Crippen LogP contribution is -2.41. The molecule has 1 aliphatic heterocycles. The van der Waals surface area contributed by atoms with E-state index in [0.717, 1.165) is 38.0 Å². The minimum Gasteiger partial charge on any atom is -0.387 e. The predicted octanol–water partition coefficient (Wildman–Crippen LogP) is 1.61. The summed E-state index contributed by atoms with van der Waals surface area (Å²) in [7, 11) is 1.77. The molecule has 0 aliphatic carbocycles. The van der Waals surface area contributed by atoms with Gasteiger partial charge in [-0.2, -0.15) is 0 Å². The number of piperidine rings is 1. The maximum atomic E-state index is 11.4. The quantitative estimate of drug-likeness (QED) is 0.675. The number of hydrogen-bond donors (Lipinski definition) is 3. The first kappa shape index (κ1) is 23.1. The van der Waals surface area contributed by atoms with Crippen LogP contribution in [0.25, 0.3) is 0 Å². The van der Waals surface area contributed by atoms with Crippen LogP contribution in [0.1, 0.15) is 24.5 Å². The van der Waals surface area contributed by atoms with Crippen LogP contribution in [0.15, 0.2) is 30.3 Å². The molecular weight excluding hydrogens is 349 g/mol. The first-order valence-electron chi connectivity index (χ1n) is 8.05. The molecule has 0 aromatic heterocycles. The number of likely N-dealkylation sites (tertiary alicyclic amines) is 1. The number of carbonyl (C=O) groups excluding carboxylic acids is 1. The van der Waals surface area contributed by atoms with E-state index in [-0.39, 0.29) is 30.7 Å². The average Bonchev–Trinajstić information content (AvgIpc) is 2.55. The third kappa shape index (κ3) is 7.81. The number of likely N-dealkylation sites (N-methyl/N-ethyl adjacent to an activating group) is 1. The maximum absolute atomic E-state index is 11.4. The van der Waals surface area contributed by atoms with Crippen LogP contribution in [0.4, 0.5) is 0 Å². The first-order chi connectivity index (χ1) is 10.7. The fourth-order valence-corrected chi connectivity index (χ4v) is 2.88. The van der Waals surface area contributed by atoms with Gasteiger partial charge < -0.3 is 20.6 Å². The van der Waals surface area contributed by atoms with Crippen molar-refractivity contribution in [1.82, 2.24) is 15.5 Å². The maximum Gasteiger partial charge on any atom is 0.233 e. The van der Waals surface area contributed by atoms with Gasteiger partial charge in [-0.15, -0.1) is 24.8 Å². The standard InChI is InChI=1S/C17H27N3O2.2ClH/c1-18-12-17(22)19-11-14-7-9-20(10-8-14)13-16(21)15-5-3-2-4-6-15;;/h2-6,14,16,18,21H,7-13H2,1H3,(H,19,22);2*1H. The van der Waals surface area contributed by atoms with E-state index in [1.165, 1.54) is 0 Å². The number of aliphatic hydroxyl groups is 1. The number of halogens is 2. The Morgan fingerprint density at radius 1 is 1.25 bits per heavy atom. The van der Waals surface area contributed by atoms with Crippen molar-refractivity contribution < 1.29 is 9.90 Å². The van der Waals surface area contributed by atoms with Crippen molar-refractivity contribution in [3.05, 3.63) is 35.9 Å². The zero-order valence-corrected chi connectivity index (χ0v) is 15.7. The van der Waals surface area contributed by atoms with Crippen LogP contribution in [0.2, 0.25) is 0 Å². The predicted molar refractivity (Wildman–Crippen MR) is 102 cm³/mol. The van der Waals surface area contributed by atoms with Gasteiger partial charge in [-0.3, -0.25) is 4.79 Å². The van der Waals surface area contributed by atoms with Gasteiger partial charge in [-0.25, -0.2) is 0 Å². The van der Waals surface area contributed by atoms with Crippen molar-refractivity contribution in [2.45, 2.75) is 18.9 Å². The fraction of sp³-hybridized carbons (Fsp3) is 0.588. The van der Waals surface area contributed by atoms with Gasteiger partial charge in [0.2, 0.25) is 5.91 Å². The molecule has 1 unspecified atom stereocenters. The summed E-state index contributed by atoms with van der Waals surface area (Å²) >= 11 is 0. The van der Waals surface area contributed by atoms with Crippen LogP contribution in [0.5, 0.6) is 0 Å². The molecule has 1 amide bonds. The third-order valence-electron chi connectivity index (χ3n) is 4.25. The normalized spacial score (nSPS) is 16.6. The Morgan fingerprint density at radius 3 is 2.46 bits per heavy atom. The van der Waals surface area contributed by atoms with Crippen LogP contribution >= 0.6 is 24.8 Å². The van der Waals surface area contributed by atoms with Gasteiger partial charge in [0.1, 0.15) is 0 Å². The van der Waals surface area contributed by atoms with Gasteiger partial charge in [0.15, 0.2) is 0 Å². The van der Waals surface area contributed by atoms with E-state index in [9.17, 15) is 9.90 Å². The van der Waals surface area contributed by atoms with Crippen molar-refractivity contribution in [2.75, 3.05) is 39.8 Å². The summed E-state index contributed by atoms with van der Waals surface area (Å²) in [5, 5.41) is 16.1. The largest absolute Gasteiger partial charge is 0.387 e. The molecule has 1 saturated heterocycles. The number of aliphatic hydroxyl groups excluding tert-OH is 1. The van der Waals surface area contributed by atoms with E-state index in [1.807, 2.05) is 30.3 Å². The summed E-state index contributed by atoms with van der Waals surface area (Å²) in [6, 6.07) is 9.81. The number of nitrogens with zero attached hydrogens (tertiary/aromatic N) is 1. The summed E-state index contributed by atoms with van der Waals surface area (Å²) in [5.41, 5.74) is 0.976. The molecular formula is C17H29Cl2N3O2. The number of carbonyl (C=O) groups is 1. The van der Waals surface area contributed by atoms with Gasteiger partial charge in [0.25, 0.3) is 0 Å². The van der Waals surface area contributed by atoms with Crippen LogP contribution < -0.4 is 10.6 Å². The summed E-state index contributed by atoms with van der Waals surface area (Å²) < 4.78 is 0. The molecule has 1 fully saturated rings. The second-order valence-electron chi connectivity index (χ2n) is 6.00. The third-order valence-corrected chi connectivity index (χ3v) is 4.25. The highest BCUT2D eigenvalue weighted by atomic mass is 35.5. The highest BCUT2D eigenvalue weighted by Crippen LogP contribution is 2.20. The molecule has 1 atom stereocenters. The second-order valence-corrected chi connectivity index (χ2v) is 6.00. The van der Waals surface area contributed by atoms with Gasteiger partial charge in [0, 0.05) is 13.1 Å². The summed E-state index contributed by atoms with van der Waals surface area (Å²) in [6.45, 7) is 3.79. The average molecular weight is 378 g/mol. The molecule has 138 valence electrons. The van der Waals surface area contributed by atoms with E-state index in [2.05, 4.69) is 15.5 Å². The Balaban J connectivity index is 0.00000264. The molecule has 0 radical (unpaired) electrons. The molecule has 2 rings (SSSR count). The highest BCUT2D eigenvalue weighted by molar-refractivity contribution is 5.85. The molecule has 5 nitrogen and oxygen atoms in total. The van der Waals surface area contributed by atoms with Crippen LogP contribution in [0, 0.1) is 5.92 Å². The number of amides is 1. The molecule has 0 bridgehead atoms. The Labute approximate surface area is 157 Å². The number of hydrogen-bond acceptors (Lipinski definition) is 4. The van der Waals surface area contributed by atoms with Crippen LogP contribution in [-0.4, -0.2) is 55.7 Å². The second kappa shape index (κ2) is 12.5. The molecule has 7 heteroatoms. The van der Waals surface area contributed by atoms with Crippen molar-refractivity contribution >= 4 is 30.7 Å². The Hall–Kier alpha value is -0.850. The van der Waals surface area contributed by atoms with Gasteiger partial charge in [0.05, 0.1) is 12.6 Å². The Bertz CT molecular complexity index is 454. The van der Waals surface area contributed by atoms with Gasteiger partial charge in [-0.1, -0.05) is 30.3 Å². The van der Waals surface area contributed by atoms with Crippen molar-refractivity contribution in [3.8, 4) is 0 Å². The topological polar surface area (TPSA) is 64.6 Å². The number of β-amino-alcohol motifs (C(OH)–C–C–N with tert-alkyl or cyclic N) is 1. The number of nitrogens with one attached hydrogen (secondary N) is 2. The lowest BCUT2D eigenvalue weighted by molar-refractivity contribution is -0.120. The Kier molecular flexibility index (Phi) is 12.1. The molecule has 3 N–H and O–H groups in total. The van der Waals surface area contributed by atoms with Crippen molar-refractivity contribution in [3.63, 3.8) is 0 Å². The summed E-state index contributed by atoms with van der Waals surface area (Å²) in [5.74, 6) is 0.607. The van der Waals surface area contributed by atoms with E-state index in [0.29, 0.717) is 19.0 Å². The first-order valence-corrected chi connectivity index (χ1v) is 8.05. The molecule has 0 saturated carbocycles. The Morgan fingerprint density at radius 2 is 1.88 bits per heavy atom. The lowest BCUT2D eigenvalue weighted by Gasteiger charge is -2.33. The minimum atomic E-state index is -0.423. The van der Waals surface area contributed by atoms with Crippen LogP contribution in [-0.2, 0) is 4.79 Å². The smallest absolute Gasteiger partial charge is 0.233 e. The lowest BCUT2D eigenvalue weighted by atomic mass is 9.96. The monoisotopic (exact) mass is 377 g/mol. The molecule has 1 aromatic carbocycles. The number of benzene rings is 1. The van der Waals surface area contributed by atoms with E-state index >= 15 is 0 Å². The highest BCUT2D eigenvalue weighted by Gasteiger charge is 2.21. The zero-order valence-electron chi connectivity index (χ0n) is 14.1. The van der Waals surface area contributed by atoms with E-state index in [1.54, 1.807) is 7.05 Å². The van der Waals surface area contributed by atoms with Gasteiger partial charge >= 0.3 is 0 Å². The van der Waals surface area contributed by atoms with E-state index in [4.69, 9.17) is 0 Å². The molecule has 24 heavy (non-hydrogen) atoms. The summed E-state index contributed by atoms with van der Waals surface area (Å²) in [6.07, 6.45) is 1.72. The SMILES string of the molecule is CNCC(=O)NCC1CCN(CC(O)c2ccccc2)CC1.Cl.Cl. The molecule has 0 spiro atoms. The molecule has 1 aromatic rings. The summed E-state index contributed by atoms with van der Waals surface area (Å²) in [4.78, 5) is 13.7. The number of rotatable bonds is 7.